The largest absolute Gasteiger partial charge is 0.371 e. The molecule has 2 fully saturated rings. The van der Waals surface area contributed by atoms with Crippen LogP contribution in [0.5, 0.6) is 0 Å². The van der Waals surface area contributed by atoms with E-state index in [0.29, 0.717) is 18.4 Å². The number of rotatable bonds is 6. The molecule has 2 N–H and O–H groups in total. The van der Waals surface area contributed by atoms with Crippen molar-refractivity contribution < 1.29 is 4.79 Å². The van der Waals surface area contributed by atoms with Crippen LogP contribution in [-0.2, 0) is 4.79 Å². The van der Waals surface area contributed by atoms with Gasteiger partial charge in [0, 0.05) is 42.5 Å². The van der Waals surface area contributed by atoms with Gasteiger partial charge < -0.3 is 15.2 Å². The second-order valence-corrected chi connectivity index (χ2v) is 9.10. The Morgan fingerprint density at radius 1 is 0.968 bits per heavy atom. The van der Waals surface area contributed by atoms with Crippen LogP contribution < -0.4 is 10.2 Å². The second kappa shape index (κ2) is 9.15. The highest BCUT2D eigenvalue weighted by Crippen LogP contribution is 2.29. The molecule has 1 aromatic heterocycles. The van der Waals surface area contributed by atoms with Crippen molar-refractivity contribution in [1.82, 2.24) is 15.2 Å². The predicted molar refractivity (Wildman–Crippen MR) is 126 cm³/mol. The average Bonchev–Trinajstić information content (AvgIpc) is 3.46. The molecule has 162 valence electrons. The van der Waals surface area contributed by atoms with Crippen molar-refractivity contribution >= 4 is 22.5 Å². The Balaban J connectivity index is 1.04. The van der Waals surface area contributed by atoms with Gasteiger partial charge in [0.05, 0.1) is 6.54 Å². The number of anilines is 1. The quantitative estimate of drug-likeness (QED) is 0.639. The number of hydrogen-bond acceptors (Lipinski definition) is 3. The summed E-state index contributed by atoms with van der Waals surface area (Å²) in [5, 5.41) is 4.48. The van der Waals surface area contributed by atoms with Crippen LogP contribution in [0, 0.1) is 5.92 Å². The molecule has 1 unspecified atom stereocenters. The molecule has 3 aromatic rings. The minimum atomic E-state index is 0.169. The summed E-state index contributed by atoms with van der Waals surface area (Å²) >= 11 is 0. The molecular formula is C26H32N4O. The number of nitrogens with zero attached hydrogens (tertiary/aromatic N) is 2. The first kappa shape index (κ1) is 20.1. The van der Waals surface area contributed by atoms with Crippen LogP contribution in [0.4, 0.5) is 5.69 Å². The SMILES string of the molecule is O=C(CN1CCC(c2cc3ccccc3[nH]2)CC1)NCC1CCN(c2ccccc2)C1. The van der Waals surface area contributed by atoms with Crippen molar-refractivity contribution in [2.45, 2.75) is 25.2 Å². The number of para-hydroxylation sites is 2. The zero-order valence-corrected chi connectivity index (χ0v) is 18.1. The number of hydrogen-bond donors (Lipinski definition) is 2. The van der Waals surface area contributed by atoms with E-state index < -0.39 is 0 Å². The molecule has 5 rings (SSSR count). The first-order chi connectivity index (χ1) is 15.2. The van der Waals surface area contributed by atoms with E-state index in [2.05, 4.69) is 80.8 Å². The highest BCUT2D eigenvalue weighted by molar-refractivity contribution is 5.80. The fourth-order valence-corrected chi connectivity index (χ4v) is 5.11. The molecule has 2 aliphatic heterocycles. The molecule has 0 saturated carbocycles. The molecule has 1 atom stereocenters. The van der Waals surface area contributed by atoms with Crippen LogP contribution in [-0.4, -0.2) is 55.1 Å². The van der Waals surface area contributed by atoms with Gasteiger partial charge in [-0.3, -0.25) is 9.69 Å². The average molecular weight is 417 g/mol. The first-order valence-electron chi connectivity index (χ1n) is 11.6. The zero-order valence-electron chi connectivity index (χ0n) is 18.1. The smallest absolute Gasteiger partial charge is 0.234 e. The first-order valence-corrected chi connectivity index (χ1v) is 11.6. The van der Waals surface area contributed by atoms with Crippen LogP contribution in [0.15, 0.2) is 60.7 Å². The summed E-state index contributed by atoms with van der Waals surface area (Å²) in [5.41, 5.74) is 3.85. The molecule has 0 spiro atoms. The topological polar surface area (TPSA) is 51.4 Å². The van der Waals surface area contributed by atoms with E-state index in [9.17, 15) is 4.79 Å². The summed E-state index contributed by atoms with van der Waals surface area (Å²) in [6.45, 7) is 5.38. The van der Waals surface area contributed by atoms with Gasteiger partial charge in [0.25, 0.3) is 0 Å². The Morgan fingerprint density at radius 2 is 1.74 bits per heavy atom. The van der Waals surface area contributed by atoms with Crippen molar-refractivity contribution in [2.75, 3.05) is 44.2 Å². The summed E-state index contributed by atoms with van der Waals surface area (Å²) in [4.78, 5) is 20.8. The second-order valence-electron chi connectivity index (χ2n) is 9.10. The van der Waals surface area contributed by atoms with Gasteiger partial charge in [0.2, 0.25) is 5.91 Å². The molecule has 0 bridgehead atoms. The lowest BCUT2D eigenvalue weighted by molar-refractivity contribution is -0.122. The molecule has 2 saturated heterocycles. The lowest BCUT2D eigenvalue weighted by Gasteiger charge is -2.31. The monoisotopic (exact) mass is 416 g/mol. The molecule has 0 radical (unpaired) electrons. The maximum absolute atomic E-state index is 12.5. The number of aromatic amines is 1. The number of amides is 1. The van der Waals surface area contributed by atoms with Crippen molar-refractivity contribution in [2.24, 2.45) is 5.92 Å². The van der Waals surface area contributed by atoms with Crippen LogP contribution in [0.3, 0.4) is 0 Å². The third kappa shape index (κ3) is 4.77. The van der Waals surface area contributed by atoms with E-state index in [1.165, 1.54) is 22.3 Å². The maximum atomic E-state index is 12.5. The third-order valence-electron chi connectivity index (χ3n) is 6.94. The number of nitrogens with one attached hydrogen (secondary N) is 2. The minimum Gasteiger partial charge on any atom is -0.371 e. The van der Waals surface area contributed by atoms with Crippen LogP contribution in [0.2, 0.25) is 0 Å². The summed E-state index contributed by atoms with van der Waals surface area (Å²) in [5.74, 6) is 1.27. The van der Waals surface area contributed by atoms with Crippen LogP contribution >= 0.6 is 0 Å². The lowest BCUT2D eigenvalue weighted by atomic mass is 9.93. The number of carbonyl (C=O) groups excluding carboxylic acids is 1. The normalized spacial score (nSPS) is 20.4. The van der Waals surface area contributed by atoms with E-state index in [1.807, 2.05) is 0 Å². The summed E-state index contributed by atoms with van der Waals surface area (Å²) in [7, 11) is 0. The lowest BCUT2D eigenvalue weighted by Crippen LogP contribution is -2.42. The van der Waals surface area contributed by atoms with E-state index >= 15 is 0 Å². The Labute approximate surface area is 184 Å². The van der Waals surface area contributed by atoms with Gasteiger partial charge >= 0.3 is 0 Å². The van der Waals surface area contributed by atoms with Gasteiger partial charge in [-0.15, -0.1) is 0 Å². The molecule has 1 amide bonds. The fourth-order valence-electron chi connectivity index (χ4n) is 5.11. The number of likely N-dealkylation sites (tertiary alicyclic amines) is 1. The number of benzene rings is 2. The highest BCUT2D eigenvalue weighted by Gasteiger charge is 2.25. The Bertz CT molecular complexity index is 973. The van der Waals surface area contributed by atoms with Crippen LogP contribution in [0.1, 0.15) is 30.9 Å². The van der Waals surface area contributed by atoms with Gasteiger partial charge in [0.1, 0.15) is 0 Å². The van der Waals surface area contributed by atoms with Gasteiger partial charge in [0.15, 0.2) is 0 Å². The van der Waals surface area contributed by atoms with Gasteiger partial charge in [-0.05, 0) is 67.9 Å². The van der Waals surface area contributed by atoms with E-state index in [4.69, 9.17) is 0 Å². The number of fused-ring (bicyclic) bond motifs is 1. The van der Waals surface area contributed by atoms with Gasteiger partial charge in [-0.1, -0.05) is 36.4 Å². The molecule has 31 heavy (non-hydrogen) atoms. The van der Waals surface area contributed by atoms with Crippen molar-refractivity contribution in [3.05, 3.63) is 66.4 Å². The molecular weight excluding hydrogens is 384 g/mol. The molecule has 5 heteroatoms. The Kier molecular flexibility index (Phi) is 5.94. The van der Waals surface area contributed by atoms with E-state index in [-0.39, 0.29) is 5.91 Å². The third-order valence-corrected chi connectivity index (χ3v) is 6.94. The van der Waals surface area contributed by atoms with Gasteiger partial charge in [-0.25, -0.2) is 0 Å². The highest BCUT2D eigenvalue weighted by atomic mass is 16.2. The number of aromatic nitrogens is 1. The summed E-state index contributed by atoms with van der Waals surface area (Å²) in [6.07, 6.45) is 3.36. The predicted octanol–water partition coefficient (Wildman–Crippen LogP) is 3.99. The van der Waals surface area contributed by atoms with E-state index in [1.54, 1.807) is 0 Å². The molecule has 2 aromatic carbocycles. The molecule has 2 aliphatic rings. The van der Waals surface area contributed by atoms with Crippen LogP contribution in [0.25, 0.3) is 10.9 Å². The maximum Gasteiger partial charge on any atom is 0.234 e. The number of H-pyrrole nitrogens is 1. The molecule has 5 nitrogen and oxygen atoms in total. The number of carbonyl (C=O) groups is 1. The molecule has 3 heterocycles. The van der Waals surface area contributed by atoms with Crippen molar-refractivity contribution in [3.8, 4) is 0 Å². The van der Waals surface area contributed by atoms with Crippen molar-refractivity contribution in [3.63, 3.8) is 0 Å². The minimum absolute atomic E-state index is 0.169. The Hall–Kier alpha value is -2.79. The zero-order chi connectivity index (χ0) is 21.0. The van der Waals surface area contributed by atoms with Crippen molar-refractivity contribution in [1.29, 1.82) is 0 Å². The summed E-state index contributed by atoms with van der Waals surface area (Å²) in [6, 6.07) is 21.3. The summed E-state index contributed by atoms with van der Waals surface area (Å²) < 4.78 is 0. The van der Waals surface area contributed by atoms with Gasteiger partial charge in [-0.2, -0.15) is 0 Å². The molecule has 0 aliphatic carbocycles. The fraction of sp³-hybridized carbons (Fsp3) is 0.423. The Morgan fingerprint density at radius 3 is 2.55 bits per heavy atom. The number of piperidine rings is 1. The standard InChI is InChI=1S/C26H32N4O/c31-26(27-17-20-10-15-30(18-20)23-7-2-1-3-8-23)19-29-13-11-21(12-14-29)25-16-22-6-4-5-9-24(22)28-25/h1-9,16,20-21,28H,10-15,17-19H2,(H,27,31). The van der Waals surface area contributed by atoms with E-state index in [0.717, 1.165) is 52.0 Å².